The lowest BCUT2D eigenvalue weighted by atomic mass is 10.2. The summed E-state index contributed by atoms with van der Waals surface area (Å²) in [4.78, 5) is 36.4. The van der Waals surface area contributed by atoms with Gasteiger partial charge in [-0.15, -0.1) is 0 Å². The Hall–Kier alpha value is -3.18. The number of benzene rings is 1. The topological polar surface area (TPSA) is 91.9 Å². The van der Waals surface area contributed by atoms with Crippen molar-refractivity contribution in [2.24, 2.45) is 0 Å². The molecule has 0 fully saturated rings. The quantitative estimate of drug-likeness (QED) is 0.410. The number of aromatic nitrogens is 3. The highest BCUT2D eigenvalue weighted by atomic mass is 32.2. The second kappa shape index (κ2) is 10.0. The van der Waals surface area contributed by atoms with Crippen LogP contribution in [0.3, 0.4) is 0 Å². The molecule has 0 spiro atoms. The first-order valence-electron chi connectivity index (χ1n) is 9.76. The highest BCUT2D eigenvalue weighted by Gasteiger charge is 2.24. The van der Waals surface area contributed by atoms with E-state index in [1.54, 1.807) is 40.9 Å². The summed E-state index contributed by atoms with van der Waals surface area (Å²) in [5, 5.41) is 9.60. The Morgan fingerprint density at radius 3 is 2.80 bits per heavy atom. The van der Waals surface area contributed by atoms with Gasteiger partial charge in [0.1, 0.15) is 0 Å². The highest BCUT2D eigenvalue weighted by molar-refractivity contribution is 8.00. The molecule has 154 valence electrons. The molecule has 2 aromatic heterocycles. The van der Waals surface area contributed by atoms with Crippen LogP contribution in [-0.2, 0) is 17.9 Å². The maximum Gasteiger partial charge on any atom is 0.262 e. The lowest BCUT2D eigenvalue weighted by Crippen LogP contribution is -2.37. The first-order chi connectivity index (χ1) is 14.5. The van der Waals surface area contributed by atoms with Crippen molar-refractivity contribution in [2.45, 2.75) is 43.8 Å². The molecule has 0 saturated heterocycles. The SMILES string of the molecule is CCn1c(SC(C)C(=O)N(CCC#N)Cc2cccnc2)nc2ccccc2c1=O. The van der Waals surface area contributed by atoms with Crippen molar-refractivity contribution in [1.29, 1.82) is 5.26 Å². The van der Waals surface area contributed by atoms with Gasteiger partial charge in [-0.25, -0.2) is 4.98 Å². The summed E-state index contributed by atoms with van der Waals surface area (Å²) in [7, 11) is 0. The van der Waals surface area contributed by atoms with Crippen LogP contribution in [0.4, 0.5) is 0 Å². The third kappa shape index (κ3) is 4.86. The Kier molecular flexibility index (Phi) is 7.20. The number of nitriles is 1. The van der Waals surface area contributed by atoms with Gasteiger partial charge in [-0.2, -0.15) is 5.26 Å². The molecule has 0 saturated carbocycles. The molecule has 1 atom stereocenters. The third-order valence-corrected chi connectivity index (χ3v) is 5.75. The highest BCUT2D eigenvalue weighted by Crippen LogP contribution is 2.24. The molecule has 30 heavy (non-hydrogen) atoms. The molecule has 1 amide bonds. The van der Waals surface area contributed by atoms with E-state index in [0.29, 0.717) is 35.7 Å². The monoisotopic (exact) mass is 421 g/mol. The van der Waals surface area contributed by atoms with Crippen LogP contribution in [0.25, 0.3) is 10.9 Å². The zero-order valence-electron chi connectivity index (χ0n) is 17.0. The van der Waals surface area contributed by atoms with E-state index in [-0.39, 0.29) is 17.9 Å². The van der Waals surface area contributed by atoms with Gasteiger partial charge in [-0.3, -0.25) is 19.1 Å². The van der Waals surface area contributed by atoms with Gasteiger partial charge in [0.05, 0.1) is 28.6 Å². The fourth-order valence-electron chi connectivity index (χ4n) is 3.15. The molecule has 0 N–H and O–H groups in total. The van der Waals surface area contributed by atoms with E-state index >= 15 is 0 Å². The molecule has 7 nitrogen and oxygen atoms in total. The van der Waals surface area contributed by atoms with Crippen LogP contribution in [0.1, 0.15) is 25.8 Å². The van der Waals surface area contributed by atoms with Crippen molar-refractivity contribution in [3.05, 3.63) is 64.7 Å². The molecule has 0 aliphatic rings. The van der Waals surface area contributed by atoms with Crippen LogP contribution in [0, 0.1) is 11.3 Å². The lowest BCUT2D eigenvalue weighted by molar-refractivity contribution is -0.130. The molecule has 0 aliphatic carbocycles. The Balaban J connectivity index is 1.85. The van der Waals surface area contributed by atoms with Gasteiger partial charge >= 0.3 is 0 Å². The number of hydrogen-bond donors (Lipinski definition) is 0. The molecule has 0 bridgehead atoms. The van der Waals surface area contributed by atoms with Crippen molar-refractivity contribution in [2.75, 3.05) is 6.54 Å². The van der Waals surface area contributed by atoms with Crippen LogP contribution < -0.4 is 5.56 Å². The van der Waals surface area contributed by atoms with Crippen LogP contribution in [0.15, 0.2) is 58.7 Å². The molecule has 0 aliphatic heterocycles. The van der Waals surface area contributed by atoms with Crippen molar-refractivity contribution >= 4 is 28.6 Å². The second-order valence-electron chi connectivity index (χ2n) is 6.75. The van der Waals surface area contributed by atoms with Gasteiger partial charge < -0.3 is 4.90 Å². The summed E-state index contributed by atoms with van der Waals surface area (Å²) in [5.41, 5.74) is 1.41. The first-order valence-corrected chi connectivity index (χ1v) is 10.6. The molecule has 8 heteroatoms. The predicted octanol–water partition coefficient (Wildman–Crippen LogP) is 3.23. The number of fused-ring (bicyclic) bond motifs is 1. The van der Waals surface area contributed by atoms with E-state index in [2.05, 4.69) is 16.0 Å². The molecular formula is C22H23N5O2S. The average Bonchev–Trinajstić information content (AvgIpc) is 2.77. The zero-order chi connectivity index (χ0) is 21.5. The molecular weight excluding hydrogens is 398 g/mol. The number of hydrogen-bond acceptors (Lipinski definition) is 6. The number of rotatable bonds is 8. The van der Waals surface area contributed by atoms with Crippen molar-refractivity contribution in [1.82, 2.24) is 19.4 Å². The zero-order valence-corrected chi connectivity index (χ0v) is 17.8. The summed E-state index contributed by atoms with van der Waals surface area (Å²) in [6.07, 6.45) is 3.64. The molecule has 1 unspecified atom stereocenters. The Labute approximate surface area is 179 Å². The maximum atomic E-state index is 13.2. The third-order valence-electron chi connectivity index (χ3n) is 4.67. The van der Waals surface area contributed by atoms with E-state index in [1.165, 1.54) is 11.8 Å². The van der Waals surface area contributed by atoms with Gasteiger partial charge in [-0.05, 0) is 37.6 Å². The van der Waals surface area contributed by atoms with Crippen molar-refractivity contribution in [3.8, 4) is 6.07 Å². The Morgan fingerprint density at radius 1 is 1.30 bits per heavy atom. The lowest BCUT2D eigenvalue weighted by Gasteiger charge is -2.25. The summed E-state index contributed by atoms with van der Waals surface area (Å²) in [6.45, 7) is 4.87. The van der Waals surface area contributed by atoms with E-state index in [0.717, 1.165) is 5.56 Å². The number of para-hydroxylation sites is 1. The van der Waals surface area contributed by atoms with Gasteiger partial charge in [0, 0.05) is 32.0 Å². The summed E-state index contributed by atoms with van der Waals surface area (Å²) in [5.74, 6) is -0.107. The van der Waals surface area contributed by atoms with E-state index in [9.17, 15) is 9.59 Å². The minimum Gasteiger partial charge on any atom is -0.336 e. The molecule has 1 aromatic carbocycles. The maximum absolute atomic E-state index is 13.2. The van der Waals surface area contributed by atoms with Gasteiger partial charge in [-0.1, -0.05) is 30.0 Å². The summed E-state index contributed by atoms with van der Waals surface area (Å²) in [6, 6.07) is 13.0. The smallest absolute Gasteiger partial charge is 0.262 e. The number of thioether (sulfide) groups is 1. The van der Waals surface area contributed by atoms with Crippen molar-refractivity contribution in [3.63, 3.8) is 0 Å². The average molecular weight is 422 g/mol. The van der Waals surface area contributed by atoms with Crippen LogP contribution >= 0.6 is 11.8 Å². The van der Waals surface area contributed by atoms with E-state index in [4.69, 9.17) is 5.26 Å². The number of amides is 1. The first kappa shape index (κ1) is 21.5. The minimum absolute atomic E-state index is 0.107. The Morgan fingerprint density at radius 2 is 2.10 bits per heavy atom. The standard InChI is InChI=1S/C22H23N5O2S/c1-3-27-21(29)18-9-4-5-10-19(18)25-22(27)30-16(2)20(28)26(13-7-11-23)15-17-8-6-12-24-14-17/h4-6,8-10,12,14,16H,3,7,13,15H2,1-2H3. The number of nitrogens with zero attached hydrogens (tertiary/aromatic N) is 5. The molecule has 2 heterocycles. The van der Waals surface area contributed by atoms with E-state index in [1.807, 2.05) is 31.2 Å². The summed E-state index contributed by atoms with van der Waals surface area (Å²) >= 11 is 1.27. The van der Waals surface area contributed by atoms with Crippen molar-refractivity contribution < 1.29 is 4.79 Å². The largest absolute Gasteiger partial charge is 0.336 e. The summed E-state index contributed by atoms with van der Waals surface area (Å²) < 4.78 is 1.59. The van der Waals surface area contributed by atoms with Gasteiger partial charge in [0.15, 0.2) is 5.16 Å². The van der Waals surface area contributed by atoms with Crippen LogP contribution in [0.2, 0.25) is 0 Å². The van der Waals surface area contributed by atoms with Crippen LogP contribution in [-0.4, -0.2) is 37.1 Å². The number of carbonyl (C=O) groups is 1. The normalized spacial score (nSPS) is 11.8. The van der Waals surface area contributed by atoms with Crippen LogP contribution in [0.5, 0.6) is 0 Å². The van der Waals surface area contributed by atoms with E-state index < -0.39 is 5.25 Å². The molecule has 3 rings (SSSR count). The minimum atomic E-state index is -0.466. The fourth-order valence-corrected chi connectivity index (χ4v) is 4.20. The molecule has 0 radical (unpaired) electrons. The molecule has 3 aromatic rings. The van der Waals surface area contributed by atoms with Gasteiger partial charge in [0.25, 0.3) is 5.56 Å². The van der Waals surface area contributed by atoms with Gasteiger partial charge in [0.2, 0.25) is 5.91 Å². The predicted molar refractivity (Wildman–Crippen MR) is 117 cm³/mol. The number of carbonyl (C=O) groups excluding carboxylic acids is 1. The Bertz CT molecular complexity index is 1120. The second-order valence-corrected chi connectivity index (χ2v) is 8.06. The number of pyridine rings is 1. The fraction of sp³-hybridized carbons (Fsp3) is 0.318.